The SMILES string of the molecule is CCOC(=O)c1ccc(NC(=O)CCN2C(=O)S/C(=C/c3ccc(OC)cc3)C2=S)cc1. The molecule has 0 aromatic heterocycles. The zero-order valence-corrected chi connectivity index (χ0v) is 19.3. The van der Waals surface area contributed by atoms with E-state index in [4.69, 9.17) is 21.7 Å². The first-order valence-electron chi connectivity index (χ1n) is 9.87. The van der Waals surface area contributed by atoms with E-state index in [9.17, 15) is 14.4 Å². The molecule has 1 heterocycles. The smallest absolute Gasteiger partial charge is 0.338 e. The maximum atomic E-state index is 12.4. The van der Waals surface area contributed by atoms with E-state index in [-0.39, 0.29) is 24.1 Å². The molecule has 166 valence electrons. The molecule has 1 N–H and O–H groups in total. The predicted molar refractivity (Wildman–Crippen MR) is 129 cm³/mol. The predicted octanol–water partition coefficient (Wildman–Crippen LogP) is 4.74. The van der Waals surface area contributed by atoms with Gasteiger partial charge < -0.3 is 14.8 Å². The highest BCUT2D eigenvalue weighted by Gasteiger charge is 2.31. The lowest BCUT2D eigenvalue weighted by molar-refractivity contribution is -0.116. The molecule has 1 aliphatic rings. The number of thioether (sulfide) groups is 1. The van der Waals surface area contributed by atoms with Gasteiger partial charge in [-0.25, -0.2) is 4.79 Å². The third-order valence-electron chi connectivity index (χ3n) is 4.53. The van der Waals surface area contributed by atoms with Crippen LogP contribution in [0.5, 0.6) is 5.75 Å². The summed E-state index contributed by atoms with van der Waals surface area (Å²) in [6.45, 7) is 2.21. The standard InChI is InChI=1S/C23H22N2O5S2/c1-3-30-22(27)16-6-8-17(9-7-16)24-20(26)12-13-25-21(31)19(32-23(25)28)14-15-4-10-18(29-2)11-5-15/h4-11,14H,3,12-13H2,1-2H3,(H,24,26)/b19-14+. The van der Waals surface area contributed by atoms with Crippen molar-refractivity contribution in [3.63, 3.8) is 0 Å². The van der Waals surface area contributed by atoms with Crippen LogP contribution in [-0.4, -0.2) is 47.3 Å². The fraction of sp³-hybridized carbons (Fsp3) is 0.217. The van der Waals surface area contributed by atoms with E-state index in [1.807, 2.05) is 30.3 Å². The molecule has 1 saturated heterocycles. The van der Waals surface area contributed by atoms with Gasteiger partial charge >= 0.3 is 5.97 Å². The number of nitrogens with zero attached hydrogens (tertiary/aromatic N) is 1. The summed E-state index contributed by atoms with van der Waals surface area (Å²) in [6.07, 6.45) is 1.93. The van der Waals surface area contributed by atoms with Gasteiger partial charge in [-0.05, 0) is 66.7 Å². The van der Waals surface area contributed by atoms with Gasteiger partial charge in [-0.2, -0.15) is 0 Å². The Morgan fingerprint density at radius 1 is 1.12 bits per heavy atom. The largest absolute Gasteiger partial charge is 0.497 e. The molecule has 1 aliphatic heterocycles. The van der Waals surface area contributed by atoms with Crippen LogP contribution in [0.4, 0.5) is 10.5 Å². The van der Waals surface area contributed by atoms with Gasteiger partial charge in [-0.1, -0.05) is 24.4 Å². The normalized spacial score (nSPS) is 14.6. The number of anilines is 1. The number of carbonyl (C=O) groups is 3. The monoisotopic (exact) mass is 470 g/mol. The van der Waals surface area contributed by atoms with Crippen molar-refractivity contribution < 1.29 is 23.9 Å². The molecule has 2 aromatic carbocycles. The van der Waals surface area contributed by atoms with E-state index < -0.39 is 5.97 Å². The Bertz CT molecular complexity index is 1050. The molecule has 7 nitrogen and oxygen atoms in total. The van der Waals surface area contributed by atoms with E-state index >= 15 is 0 Å². The molecule has 0 atom stereocenters. The lowest BCUT2D eigenvalue weighted by atomic mass is 10.2. The van der Waals surface area contributed by atoms with Crippen molar-refractivity contribution >= 4 is 57.8 Å². The van der Waals surface area contributed by atoms with Gasteiger partial charge in [-0.3, -0.25) is 14.5 Å². The number of nitrogens with one attached hydrogen (secondary N) is 1. The lowest BCUT2D eigenvalue weighted by Gasteiger charge is -2.14. The summed E-state index contributed by atoms with van der Waals surface area (Å²) in [7, 11) is 1.60. The zero-order chi connectivity index (χ0) is 23.1. The number of hydrogen-bond acceptors (Lipinski definition) is 7. The molecule has 9 heteroatoms. The number of benzene rings is 2. The van der Waals surface area contributed by atoms with Gasteiger partial charge in [0, 0.05) is 18.7 Å². The van der Waals surface area contributed by atoms with Crippen LogP contribution in [-0.2, 0) is 9.53 Å². The highest BCUT2D eigenvalue weighted by Crippen LogP contribution is 2.33. The van der Waals surface area contributed by atoms with Crippen molar-refractivity contribution in [2.45, 2.75) is 13.3 Å². The van der Waals surface area contributed by atoms with E-state index in [0.717, 1.165) is 23.1 Å². The number of thiocarbonyl (C=S) groups is 1. The van der Waals surface area contributed by atoms with Crippen LogP contribution in [0.2, 0.25) is 0 Å². The van der Waals surface area contributed by atoms with E-state index in [1.165, 1.54) is 4.90 Å². The quantitative estimate of drug-likeness (QED) is 0.339. The highest BCUT2D eigenvalue weighted by molar-refractivity contribution is 8.19. The first-order chi connectivity index (χ1) is 15.4. The van der Waals surface area contributed by atoms with Crippen LogP contribution < -0.4 is 10.1 Å². The molecule has 2 aromatic rings. The molecular weight excluding hydrogens is 448 g/mol. The fourth-order valence-electron chi connectivity index (χ4n) is 2.89. The second-order valence-electron chi connectivity index (χ2n) is 6.70. The molecule has 0 bridgehead atoms. The van der Waals surface area contributed by atoms with Gasteiger partial charge in [0.1, 0.15) is 10.7 Å². The second kappa shape index (κ2) is 10.9. The van der Waals surface area contributed by atoms with Crippen LogP contribution in [0.1, 0.15) is 29.3 Å². The van der Waals surface area contributed by atoms with Crippen molar-refractivity contribution in [2.75, 3.05) is 25.6 Å². The molecule has 3 rings (SSSR count). The van der Waals surface area contributed by atoms with Gasteiger partial charge in [0.05, 0.1) is 24.2 Å². The average Bonchev–Trinajstić information content (AvgIpc) is 3.05. The van der Waals surface area contributed by atoms with Crippen molar-refractivity contribution in [3.05, 3.63) is 64.6 Å². The van der Waals surface area contributed by atoms with Gasteiger partial charge in [0.25, 0.3) is 5.24 Å². The summed E-state index contributed by atoms with van der Waals surface area (Å²) in [5.74, 6) is 0.0672. The summed E-state index contributed by atoms with van der Waals surface area (Å²) in [5.41, 5.74) is 1.85. The minimum Gasteiger partial charge on any atom is -0.497 e. The van der Waals surface area contributed by atoms with E-state index in [0.29, 0.717) is 27.8 Å². The van der Waals surface area contributed by atoms with E-state index in [1.54, 1.807) is 38.3 Å². The molecule has 32 heavy (non-hydrogen) atoms. The summed E-state index contributed by atoms with van der Waals surface area (Å²) >= 11 is 6.49. The van der Waals surface area contributed by atoms with Crippen LogP contribution in [0, 0.1) is 0 Å². The highest BCUT2D eigenvalue weighted by atomic mass is 32.2. The second-order valence-corrected chi connectivity index (χ2v) is 8.08. The molecule has 2 amide bonds. The van der Waals surface area contributed by atoms with Gasteiger partial charge in [0.15, 0.2) is 0 Å². The number of methoxy groups -OCH3 is 1. The topological polar surface area (TPSA) is 84.9 Å². The van der Waals surface area contributed by atoms with Crippen LogP contribution in [0.15, 0.2) is 53.4 Å². The Kier molecular flexibility index (Phi) is 8.02. The minimum absolute atomic E-state index is 0.0852. The Hall–Kier alpha value is -3.17. The average molecular weight is 471 g/mol. The van der Waals surface area contributed by atoms with Crippen molar-refractivity contribution in [1.82, 2.24) is 4.90 Å². The Labute approximate surface area is 195 Å². The third kappa shape index (κ3) is 5.95. The number of ether oxygens (including phenoxy) is 2. The number of carbonyl (C=O) groups excluding carboxylic acids is 3. The summed E-state index contributed by atoms with van der Waals surface area (Å²) in [6, 6.07) is 13.8. The van der Waals surface area contributed by atoms with Crippen LogP contribution >= 0.6 is 24.0 Å². The molecule has 1 fully saturated rings. The summed E-state index contributed by atoms with van der Waals surface area (Å²) in [5, 5.41) is 2.54. The number of esters is 1. The van der Waals surface area contributed by atoms with Gasteiger partial charge in [0.2, 0.25) is 5.91 Å². The third-order valence-corrected chi connectivity index (χ3v) is 6.03. The summed E-state index contributed by atoms with van der Waals surface area (Å²) in [4.78, 5) is 38.9. The van der Waals surface area contributed by atoms with Crippen molar-refractivity contribution in [2.24, 2.45) is 0 Å². The lowest BCUT2D eigenvalue weighted by Crippen LogP contribution is -2.30. The maximum Gasteiger partial charge on any atom is 0.338 e. The molecular formula is C23H22N2O5S2. The first kappa shape index (κ1) is 23.5. The first-order valence-corrected chi connectivity index (χ1v) is 11.1. The summed E-state index contributed by atoms with van der Waals surface area (Å²) < 4.78 is 10.1. The minimum atomic E-state index is -0.414. The Morgan fingerprint density at radius 3 is 2.44 bits per heavy atom. The number of rotatable bonds is 8. The molecule has 0 radical (unpaired) electrons. The molecule has 0 aliphatic carbocycles. The number of amides is 2. The molecule has 0 unspecified atom stereocenters. The van der Waals surface area contributed by atoms with Gasteiger partial charge in [-0.15, -0.1) is 0 Å². The zero-order valence-electron chi connectivity index (χ0n) is 17.6. The van der Waals surface area contributed by atoms with Crippen LogP contribution in [0.3, 0.4) is 0 Å². The van der Waals surface area contributed by atoms with E-state index in [2.05, 4.69) is 5.32 Å². The Morgan fingerprint density at radius 2 is 1.81 bits per heavy atom. The molecule has 0 saturated carbocycles. The Balaban J connectivity index is 1.55. The fourth-order valence-corrected chi connectivity index (χ4v) is 4.17. The number of hydrogen-bond donors (Lipinski definition) is 1. The maximum absolute atomic E-state index is 12.4. The van der Waals surface area contributed by atoms with Crippen molar-refractivity contribution in [3.8, 4) is 5.75 Å². The molecule has 0 spiro atoms. The van der Waals surface area contributed by atoms with Crippen LogP contribution in [0.25, 0.3) is 6.08 Å². The van der Waals surface area contributed by atoms with Crippen molar-refractivity contribution in [1.29, 1.82) is 0 Å².